The van der Waals surface area contributed by atoms with Gasteiger partial charge in [-0.15, -0.1) is 0 Å². The monoisotopic (exact) mass is 185 g/mol. The summed E-state index contributed by atoms with van der Waals surface area (Å²) in [6.07, 6.45) is 0.809. The average Bonchev–Trinajstić information content (AvgIpc) is 2.03. The van der Waals surface area contributed by atoms with Crippen molar-refractivity contribution in [2.45, 2.75) is 18.2 Å². The summed E-state index contributed by atoms with van der Waals surface area (Å²) in [6, 6.07) is 6.65. The molecule has 0 fully saturated rings. The molecule has 66 valence electrons. The van der Waals surface area contributed by atoms with Crippen LogP contribution in [0.5, 0.6) is 0 Å². The van der Waals surface area contributed by atoms with Crippen LogP contribution in [0.1, 0.15) is 12.5 Å². The number of hydrogen-bond donors (Lipinski definition) is 1. The van der Waals surface area contributed by atoms with Gasteiger partial charge in [-0.2, -0.15) is 0 Å². The summed E-state index contributed by atoms with van der Waals surface area (Å²) < 4.78 is 21.8. The molecule has 0 atom stereocenters. The van der Waals surface area contributed by atoms with E-state index in [0.717, 1.165) is 12.0 Å². The highest BCUT2D eigenvalue weighted by atomic mass is 32.2. The molecule has 2 N–H and O–H groups in total. The minimum Gasteiger partial charge on any atom is -0.225 e. The van der Waals surface area contributed by atoms with Crippen molar-refractivity contribution in [3.63, 3.8) is 0 Å². The Morgan fingerprint density at radius 2 is 2.08 bits per heavy atom. The van der Waals surface area contributed by atoms with Crippen molar-refractivity contribution in [3.05, 3.63) is 29.8 Å². The molecular formula is C8H11NO2S. The summed E-state index contributed by atoms with van der Waals surface area (Å²) in [5.41, 5.74) is 0.974. The van der Waals surface area contributed by atoms with Crippen LogP contribution in [-0.2, 0) is 16.4 Å². The predicted octanol–water partition coefficient (Wildman–Crippen LogP) is 0.896. The van der Waals surface area contributed by atoms with Gasteiger partial charge in [0.15, 0.2) is 0 Å². The molecule has 0 bridgehead atoms. The molecule has 0 aliphatic heterocycles. The first-order valence-corrected chi connectivity index (χ1v) is 5.20. The van der Waals surface area contributed by atoms with Gasteiger partial charge in [0.1, 0.15) is 0 Å². The van der Waals surface area contributed by atoms with Gasteiger partial charge in [-0.3, -0.25) is 0 Å². The molecule has 0 aliphatic carbocycles. The van der Waals surface area contributed by atoms with Crippen LogP contribution in [0, 0.1) is 0 Å². The van der Waals surface area contributed by atoms with Crippen molar-refractivity contribution >= 4 is 10.0 Å². The highest BCUT2D eigenvalue weighted by Gasteiger charge is 2.06. The van der Waals surface area contributed by atoms with Gasteiger partial charge in [-0.25, -0.2) is 13.6 Å². The Morgan fingerprint density at radius 3 is 2.58 bits per heavy atom. The predicted molar refractivity (Wildman–Crippen MR) is 47.2 cm³/mol. The molecule has 4 heteroatoms. The summed E-state index contributed by atoms with van der Waals surface area (Å²) in [5.74, 6) is 0. The van der Waals surface area contributed by atoms with Crippen LogP contribution >= 0.6 is 0 Å². The maximum absolute atomic E-state index is 10.9. The lowest BCUT2D eigenvalue weighted by Crippen LogP contribution is -2.12. The van der Waals surface area contributed by atoms with Crippen molar-refractivity contribution in [1.82, 2.24) is 0 Å². The summed E-state index contributed by atoms with van der Waals surface area (Å²) in [7, 11) is -3.54. The van der Waals surface area contributed by atoms with Crippen LogP contribution in [0.15, 0.2) is 29.2 Å². The molecular weight excluding hydrogens is 174 g/mol. The lowest BCUT2D eigenvalue weighted by Gasteiger charge is -1.99. The molecule has 0 amide bonds. The largest absolute Gasteiger partial charge is 0.238 e. The fourth-order valence-electron chi connectivity index (χ4n) is 0.942. The number of benzene rings is 1. The van der Waals surface area contributed by atoms with E-state index < -0.39 is 10.0 Å². The van der Waals surface area contributed by atoms with Crippen LogP contribution in [0.4, 0.5) is 0 Å². The molecule has 0 unspecified atom stereocenters. The Kier molecular flexibility index (Phi) is 2.49. The topological polar surface area (TPSA) is 60.2 Å². The molecule has 1 aromatic rings. The van der Waals surface area contributed by atoms with Crippen molar-refractivity contribution < 1.29 is 8.42 Å². The second-order valence-corrected chi connectivity index (χ2v) is 4.11. The van der Waals surface area contributed by atoms with Crippen molar-refractivity contribution in [2.75, 3.05) is 0 Å². The zero-order chi connectivity index (χ0) is 9.19. The first-order chi connectivity index (χ1) is 5.54. The first kappa shape index (κ1) is 9.22. The number of primary sulfonamides is 1. The molecule has 0 spiro atoms. The van der Waals surface area contributed by atoms with E-state index in [9.17, 15) is 8.42 Å². The smallest absolute Gasteiger partial charge is 0.225 e. The van der Waals surface area contributed by atoms with Crippen LogP contribution in [0.25, 0.3) is 0 Å². The van der Waals surface area contributed by atoms with E-state index in [1.54, 1.807) is 12.1 Å². The summed E-state index contributed by atoms with van der Waals surface area (Å²) in [4.78, 5) is 0.182. The molecule has 3 nitrogen and oxygen atoms in total. The standard InChI is InChI=1S/C8H11NO2S/c1-2-7-4-3-5-8(6-7)12(9,10)11/h3-6H,2H2,1H3,(H2,9,10,11). The van der Waals surface area contributed by atoms with E-state index in [4.69, 9.17) is 5.14 Å². The molecule has 0 aromatic heterocycles. The average molecular weight is 185 g/mol. The van der Waals surface area contributed by atoms with Crippen LogP contribution < -0.4 is 5.14 Å². The van der Waals surface area contributed by atoms with Crippen molar-refractivity contribution in [2.24, 2.45) is 5.14 Å². The molecule has 0 saturated heterocycles. The minimum atomic E-state index is -3.54. The van der Waals surface area contributed by atoms with E-state index in [1.807, 2.05) is 13.0 Å². The van der Waals surface area contributed by atoms with E-state index in [1.165, 1.54) is 6.07 Å². The van der Waals surface area contributed by atoms with Crippen LogP contribution in [-0.4, -0.2) is 8.42 Å². The van der Waals surface area contributed by atoms with E-state index >= 15 is 0 Å². The molecule has 1 aromatic carbocycles. The fraction of sp³-hybridized carbons (Fsp3) is 0.250. The van der Waals surface area contributed by atoms with E-state index in [0.29, 0.717) is 0 Å². The Morgan fingerprint density at radius 1 is 1.42 bits per heavy atom. The molecule has 1 rings (SSSR count). The Bertz CT molecular complexity index is 370. The maximum Gasteiger partial charge on any atom is 0.238 e. The van der Waals surface area contributed by atoms with E-state index in [2.05, 4.69) is 0 Å². The highest BCUT2D eigenvalue weighted by molar-refractivity contribution is 7.89. The lowest BCUT2D eigenvalue weighted by atomic mass is 10.2. The fourth-order valence-corrected chi connectivity index (χ4v) is 1.53. The molecule has 12 heavy (non-hydrogen) atoms. The van der Waals surface area contributed by atoms with Gasteiger partial charge in [-0.1, -0.05) is 19.1 Å². The third kappa shape index (κ3) is 2.06. The Hall–Kier alpha value is -0.870. The van der Waals surface area contributed by atoms with Gasteiger partial charge in [0.05, 0.1) is 4.90 Å². The number of aryl methyl sites for hydroxylation is 1. The summed E-state index contributed by atoms with van der Waals surface area (Å²) in [6.45, 7) is 1.96. The lowest BCUT2D eigenvalue weighted by molar-refractivity contribution is 0.597. The normalized spacial score (nSPS) is 11.5. The van der Waals surface area contributed by atoms with Crippen LogP contribution in [0.3, 0.4) is 0 Å². The molecule has 0 saturated carbocycles. The Labute approximate surface area is 72.3 Å². The second kappa shape index (κ2) is 3.25. The second-order valence-electron chi connectivity index (χ2n) is 2.55. The third-order valence-electron chi connectivity index (χ3n) is 1.64. The number of nitrogens with two attached hydrogens (primary N) is 1. The molecule has 0 heterocycles. The van der Waals surface area contributed by atoms with Gasteiger partial charge in [-0.05, 0) is 24.1 Å². The van der Waals surface area contributed by atoms with Gasteiger partial charge in [0, 0.05) is 0 Å². The van der Waals surface area contributed by atoms with Crippen molar-refractivity contribution in [1.29, 1.82) is 0 Å². The van der Waals surface area contributed by atoms with Crippen molar-refractivity contribution in [3.8, 4) is 0 Å². The number of sulfonamides is 1. The zero-order valence-electron chi connectivity index (χ0n) is 6.82. The van der Waals surface area contributed by atoms with Gasteiger partial charge in [0.25, 0.3) is 0 Å². The molecule has 0 aliphatic rings. The summed E-state index contributed by atoms with van der Waals surface area (Å²) >= 11 is 0. The van der Waals surface area contributed by atoms with Gasteiger partial charge in [0.2, 0.25) is 10.0 Å². The minimum absolute atomic E-state index is 0.182. The number of rotatable bonds is 2. The SMILES string of the molecule is CCc1cccc(S(N)(=O)=O)c1. The van der Waals surface area contributed by atoms with Crippen LogP contribution in [0.2, 0.25) is 0 Å². The maximum atomic E-state index is 10.9. The van der Waals surface area contributed by atoms with Gasteiger partial charge < -0.3 is 0 Å². The summed E-state index contributed by atoms with van der Waals surface area (Å²) in [5, 5.41) is 4.95. The van der Waals surface area contributed by atoms with E-state index in [-0.39, 0.29) is 4.90 Å². The third-order valence-corrected chi connectivity index (χ3v) is 2.55. The molecule has 0 radical (unpaired) electrons. The van der Waals surface area contributed by atoms with Gasteiger partial charge >= 0.3 is 0 Å². The zero-order valence-corrected chi connectivity index (χ0v) is 7.64. The quantitative estimate of drug-likeness (QED) is 0.744. The Balaban J connectivity index is 3.20. The highest BCUT2D eigenvalue weighted by Crippen LogP contribution is 2.09. The number of hydrogen-bond acceptors (Lipinski definition) is 2. The first-order valence-electron chi connectivity index (χ1n) is 3.66.